The molecular formula is C29H44N2O2S. The Bertz CT molecular complexity index is 901. The Hall–Kier alpha value is -1.04. The normalized spacial score (nSPS) is 42.8. The van der Waals surface area contributed by atoms with Crippen LogP contribution in [-0.4, -0.2) is 34.1 Å². The van der Waals surface area contributed by atoms with Gasteiger partial charge in [-0.1, -0.05) is 32.0 Å². The summed E-state index contributed by atoms with van der Waals surface area (Å²) < 4.78 is 0. The van der Waals surface area contributed by atoms with E-state index in [2.05, 4.69) is 69.5 Å². The number of carbonyl (C=O) groups excluding carboxylic acids is 1. The van der Waals surface area contributed by atoms with Gasteiger partial charge in [-0.05, 0) is 106 Å². The second kappa shape index (κ2) is 8.81. The summed E-state index contributed by atoms with van der Waals surface area (Å²) in [6.45, 7) is 11.4. The van der Waals surface area contributed by atoms with Gasteiger partial charge in [-0.3, -0.25) is 10.1 Å². The number of benzene rings is 1. The Morgan fingerprint density at radius 1 is 1.03 bits per heavy atom. The number of fused-ring (bicyclic) bond motifs is 5. The van der Waals surface area contributed by atoms with E-state index in [4.69, 9.17) is 0 Å². The van der Waals surface area contributed by atoms with Gasteiger partial charge in [0.05, 0.1) is 5.25 Å². The van der Waals surface area contributed by atoms with Crippen LogP contribution >= 0.6 is 11.8 Å². The van der Waals surface area contributed by atoms with Gasteiger partial charge in [-0.25, -0.2) is 0 Å². The summed E-state index contributed by atoms with van der Waals surface area (Å²) in [4.78, 5) is 14.2. The van der Waals surface area contributed by atoms with Crippen molar-refractivity contribution < 1.29 is 9.90 Å². The first-order valence-electron chi connectivity index (χ1n) is 13.5. The molecule has 1 aromatic rings. The third-order valence-corrected chi connectivity index (χ3v) is 11.4. The summed E-state index contributed by atoms with van der Waals surface area (Å²) in [6, 6.07) is 10.7. The number of carbonyl (C=O) groups is 1. The lowest BCUT2D eigenvalue weighted by Crippen LogP contribution is -2.64. The van der Waals surface area contributed by atoms with Gasteiger partial charge in [0.1, 0.15) is 6.23 Å². The minimum atomic E-state index is -0.431. The molecule has 1 aliphatic heterocycles. The van der Waals surface area contributed by atoms with Crippen LogP contribution in [0.1, 0.15) is 79.6 Å². The molecule has 5 rings (SSSR count). The van der Waals surface area contributed by atoms with Gasteiger partial charge in [0.2, 0.25) is 5.91 Å². The fourth-order valence-corrected chi connectivity index (χ4v) is 9.87. The first-order valence-corrected chi connectivity index (χ1v) is 14.4. The fraction of sp³-hybridized carbons (Fsp3) is 0.759. The number of piperidine rings is 1. The number of aliphatic hydroxyl groups is 1. The van der Waals surface area contributed by atoms with Crippen molar-refractivity contribution >= 4 is 17.7 Å². The van der Waals surface area contributed by atoms with Crippen molar-refractivity contribution in [3.05, 3.63) is 30.3 Å². The number of hydrogen-bond acceptors (Lipinski definition) is 4. The summed E-state index contributed by atoms with van der Waals surface area (Å²) in [7, 11) is 0. The van der Waals surface area contributed by atoms with E-state index in [0.717, 1.165) is 19.3 Å². The molecule has 3 aliphatic carbocycles. The third kappa shape index (κ3) is 4.24. The molecule has 0 spiro atoms. The van der Waals surface area contributed by atoms with E-state index in [1.165, 1.54) is 30.6 Å². The highest BCUT2D eigenvalue weighted by molar-refractivity contribution is 8.00. The van der Waals surface area contributed by atoms with Crippen LogP contribution in [0.2, 0.25) is 0 Å². The molecule has 3 saturated carbocycles. The summed E-state index contributed by atoms with van der Waals surface area (Å²) in [5.41, 5.74) is 0.283. The van der Waals surface area contributed by atoms with Crippen molar-refractivity contribution in [2.24, 2.45) is 34.5 Å². The van der Waals surface area contributed by atoms with Crippen LogP contribution in [0.5, 0.6) is 0 Å². The molecule has 34 heavy (non-hydrogen) atoms. The number of thioether (sulfide) groups is 1. The molecule has 5 heteroatoms. The maximum absolute atomic E-state index is 13.1. The van der Waals surface area contributed by atoms with E-state index in [0.29, 0.717) is 29.7 Å². The van der Waals surface area contributed by atoms with Gasteiger partial charge >= 0.3 is 0 Å². The highest BCUT2D eigenvalue weighted by Crippen LogP contribution is 2.66. The zero-order valence-corrected chi connectivity index (χ0v) is 22.5. The van der Waals surface area contributed by atoms with Crippen molar-refractivity contribution in [1.29, 1.82) is 0 Å². The molecular weight excluding hydrogens is 440 g/mol. The molecule has 1 aromatic carbocycles. The van der Waals surface area contributed by atoms with E-state index < -0.39 is 6.23 Å². The van der Waals surface area contributed by atoms with Crippen molar-refractivity contribution in [2.45, 2.75) is 108 Å². The summed E-state index contributed by atoms with van der Waals surface area (Å²) in [5, 5.41) is 18.1. The molecule has 1 amide bonds. The zero-order chi connectivity index (χ0) is 24.3. The number of amides is 1. The Labute approximate surface area is 210 Å². The minimum Gasteiger partial charge on any atom is -0.378 e. The molecule has 4 aliphatic rings. The first kappa shape index (κ1) is 24.6. The Morgan fingerprint density at radius 2 is 1.74 bits per heavy atom. The van der Waals surface area contributed by atoms with E-state index >= 15 is 0 Å². The van der Waals surface area contributed by atoms with Crippen molar-refractivity contribution in [2.75, 3.05) is 0 Å². The highest BCUT2D eigenvalue weighted by Gasteiger charge is 2.62. The largest absolute Gasteiger partial charge is 0.378 e. The average Bonchev–Trinajstić information content (AvgIpc) is 3.12. The lowest BCUT2D eigenvalue weighted by Gasteiger charge is -2.61. The first-order chi connectivity index (χ1) is 16.0. The average molecular weight is 485 g/mol. The Morgan fingerprint density at radius 3 is 2.44 bits per heavy atom. The lowest BCUT2D eigenvalue weighted by molar-refractivity contribution is -0.138. The van der Waals surface area contributed by atoms with Gasteiger partial charge in [-0.15, -0.1) is 11.8 Å². The number of nitrogens with one attached hydrogen (secondary N) is 2. The van der Waals surface area contributed by atoms with Crippen molar-refractivity contribution in [3.8, 4) is 0 Å². The van der Waals surface area contributed by atoms with E-state index in [1.54, 1.807) is 11.8 Å². The van der Waals surface area contributed by atoms with Crippen LogP contribution < -0.4 is 10.6 Å². The molecule has 4 fully saturated rings. The highest BCUT2D eigenvalue weighted by atomic mass is 32.2. The SMILES string of the molecule is CC(C)(C)NC(O)[C@H]1CCC2C3CCC4NC(=O)C(Sc5ccccc5)C[C@]4(C)C3CC[C@@]21C. The molecule has 0 aromatic heterocycles. The second-order valence-electron chi connectivity index (χ2n) is 13.2. The number of rotatable bonds is 4. The predicted molar refractivity (Wildman–Crippen MR) is 139 cm³/mol. The zero-order valence-electron chi connectivity index (χ0n) is 21.6. The number of aliphatic hydroxyl groups excluding tert-OH is 1. The van der Waals surface area contributed by atoms with Crippen LogP contribution in [-0.2, 0) is 4.79 Å². The van der Waals surface area contributed by atoms with Gasteiger partial charge in [0, 0.05) is 22.4 Å². The molecule has 1 heterocycles. The van der Waals surface area contributed by atoms with Crippen molar-refractivity contribution in [1.82, 2.24) is 10.6 Å². The quantitative estimate of drug-likeness (QED) is 0.487. The summed E-state index contributed by atoms with van der Waals surface area (Å²) >= 11 is 1.74. The molecule has 0 bridgehead atoms. The smallest absolute Gasteiger partial charge is 0.233 e. The van der Waals surface area contributed by atoms with Gasteiger partial charge in [0.25, 0.3) is 0 Å². The Kier molecular flexibility index (Phi) is 6.39. The van der Waals surface area contributed by atoms with Crippen LogP contribution in [0.25, 0.3) is 0 Å². The van der Waals surface area contributed by atoms with Gasteiger partial charge in [-0.2, -0.15) is 0 Å². The number of hydrogen-bond donors (Lipinski definition) is 3. The molecule has 1 saturated heterocycles. The van der Waals surface area contributed by atoms with Crippen LogP contribution in [0.3, 0.4) is 0 Å². The predicted octanol–water partition coefficient (Wildman–Crippen LogP) is 5.60. The maximum atomic E-state index is 13.1. The van der Waals surface area contributed by atoms with E-state index in [-0.39, 0.29) is 27.5 Å². The van der Waals surface area contributed by atoms with Gasteiger partial charge < -0.3 is 10.4 Å². The van der Waals surface area contributed by atoms with E-state index in [9.17, 15) is 9.90 Å². The van der Waals surface area contributed by atoms with Crippen molar-refractivity contribution in [3.63, 3.8) is 0 Å². The second-order valence-corrected chi connectivity index (χ2v) is 14.5. The van der Waals surface area contributed by atoms with Gasteiger partial charge in [0.15, 0.2) is 0 Å². The molecule has 4 nitrogen and oxygen atoms in total. The summed E-state index contributed by atoms with van der Waals surface area (Å²) in [5.74, 6) is 2.62. The fourth-order valence-electron chi connectivity index (χ4n) is 8.61. The summed E-state index contributed by atoms with van der Waals surface area (Å²) in [6.07, 6.45) is 7.65. The molecule has 188 valence electrons. The topological polar surface area (TPSA) is 61.4 Å². The third-order valence-electron chi connectivity index (χ3n) is 10.2. The minimum absolute atomic E-state index is 0.00940. The molecule has 6 unspecified atom stereocenters. The van der Waals surface area contributed by atoms with Crippen LogP contribution in [0.15, 0.2) is 35.2 Å². The lowest BCUT2D eigenvalue weighted by atomic mass is 9.47. The molecule has 3 N–H and O–H groups in total. The monoisotopic (exact) mass is 484 g/mol. The molecule has 9 atom stereocenters. The standard InChI is InChI=1S/C29H44N2O2S/c1-27(2,3)31-25(32)22-13-12-20-19-11-14-24-29(5,21(19)15-16-28(20,22)4)17-23(26(33)30-24)34-18-9-7-6-8-10-18/h6-10,19-25,31-32H,11-17H2,1-5H3,(H,30,33)/t19?,20?,21?,22-,23?,24?,25?,28+,29-/m1/s1. The molecule has 0 radical (unpaired) electrons. The van der Waals surface area contributed by atoms with E-state index in [1.807, 2.05) is 6.07 Å². The maximum Gasteiger partial charge on any atom is 0.233 e. The van der Waals surface area contributed by atoms with Crippen LogP contribution in [0.4, 0.5) is 0 Å². The Balaban J connectivity index is 1.35. The van der Waals surface area contributed by atoms with Crippen LogP contribution in [0, 0.1) is 34.5 Å².